The lowest BCUT2D eigenvalue weighted by Gasteiger charge is -2.16. The molecule has 1 unspecified atom stereocenters. The molecule has 1 amide bonds. The van der Waals surface area contributed by atoms with Gasteiger partial charge in [-0.25, -0.2) is 9.67 Å². The summed E-state index contributed by atoms with van der Waals surface area (Å²) in [6, 6.07) is 12.0. The lowest BCUT2D eigenvalue weighted by molar-refractivity contribution is -0.122. The van der Waals surface area contributed by atoms with Crippen LogP contribution in [0.5, 0.6) is 0 Å². The van der Waals surface area contributed by atoms with Gasteiger partial charge in [-0.1, -0.05) is 24.3 Å². The van der Waals surface area contributed by atoms with Crippen molar-refractivity contribution >= 4 is 16.9 Å². The normalized spacial score (nSPS) is 12.2. The van der Waals surface area contributed by atoms with Crippen LogP contribution in [0.3, 0.4) is 0 Å². The number of aryl methyl sites for hydroxylation is 4. The van der Waals surface area contributed by atoms with E-state index in [0.717, 1.165) is 22.4 Å². The third-order valence-electron chi connectivity index (χ3n) is 5.73. The monoisotopic (exact) mass is 429 g/mol. The Balaban J connectivity index is 1.56. The van der Waals surface area contributed by atoms with Crippen LogP contribution in [0.25, 0.3) is 16.7 Å². The van der Waals surface area contributed by atoms with Crippen LogP contribution in [-0.2, 0) is 11.3 Å². The van der Waals surface area contributed by atoms with E-state index in [0.29, 0.717) is 11.0 Å². The molecule has 2 heterocycles. The van der Waals surface area contributed by atoms with Crippen LogP contribution in [0.15, 0.2) is 53.7 Å². The minimum absolute atomic E-state index is 0.105. The zero-order valence-electron chi connectivity index (χ0n) is 19.0. The summed E-state index contributed by atoms with van der Waals surface area (Å²) in [7, 11) is 0. The number of hydrogen-bond donors (Lipinski definition) is 1. The van der Waals surface area contributed by atoms with E-state index in [9.17, 15) is 9.59 Å². The fourth-order valence-corrected chi connectivity index (χ4v) is 3.88. The van der Waals surface area contributed by atoms with E-state index in [4.69, 9.17) is 0 Å². The highest BCUT2D eigenvalue weighted by molar-refractivity contribution is 5.78. The summed E-state index contributed by atoms with van der Waals surface area (Å²) in [4.78, 5) is 30.0. The molecule has 1 N–H and O–H groups in total. The lowest BCUT2D eigenvalue weighted by atomic mass is 10.0. The standard InChI is InChI=1S/C25H27N5O2/c1-15-8-16(2)10-21(9-15)30-24-22(12-27-30)25(32)29(14-26-24)13-23(31)28-19(5)20-7-6-17(3)18(4)11-20/h6-12,14,19H,13H2,1-5H3,(H,28,31). The van der Waals surface area contributed by atoms with Crippen molar-refractivity contribution < 1.29 is 4.79 Å². The zero-order valence-corrected chi connectivity index (χ0v) is 19.0. The second-order valence-electron chi connectivity index (χ2n) is 8.45. The van der Waals surface area contributed by atoms with Crippen molar-refractivity contribution in [2.24, 2.45) is 0 Å². The molecule has 0 saturated carbocycles. The summed E-state index contributed by atoms with van der Waals surface area (Å²) >= 11 is 0. The summed E-state index contributed by atoms with van der Waals surface area (Å²) in [5.74, 6) is -0.249. The van der Waals surface area contributed by atoms with Crippen molar-refractivity contribution in [3.8, 4) is 5.69 Å². The van der Waals surface area contributed by atoms with E-state index < -0.39 is 0 Å². The van der Waals surface area contributed by atoms with E-state index in [1.54, 1.807) is 4.68 Å². The van der Waals surface area contributed by atoms with Crippen molar-refractivity contribution in [3.63, 3.8) is 0 Å². The second-order valence-corrected chi connectivity index (χ2v) is 8.45. The molecular weight excluding hydrogens is 402 g/mol. The number of nitrogens with zero attached hydrogens (tertiary/aromatic N) is 4. The fraction of sp³-hybridized carbons (Fsp3) is 0.280. The molecule has 4 aromatic rings. The number of hydrogen-bond acceptors (Lipinski definition) is 4. The Morgan fingerprint density at radius 3 is 2.44 bits per heavy atom. The smallest absolute Gasteiger partial charge is 0.264 e. The first kappa shape index (κ1) is 21.5. The molecule has 0 aliphatic heterocycles. The highest BCUT2D eigenvalue weighted by Gasteiger charge is 2.15. The number of fused-ring (bicyclic) bond motifs is 1. The average Bonchev–Trinajstić information content (AvgIpc) is 3.16. The van der Waals surface area contributed by atoms with Gasteiger partial charge in [0.1, 0.15) is 18.3 Å². The molecule has 7 nitrogen and oxygen atoms in total. The highest BCUT2D eigenvalue weighted by Crippen LogP contribution is 2.18. The van der Waals surface area contributed by atoms with Crippen LogP contribution in [-0.4, -0.2) is 25.2 Å². The molecule has 0 saturated heterocycles. The molecule has 1 atom stereocenters. The van der Waals surface area contributed by atoms with Crippen LogP contribution in [0, 0.1) is 27.7 Å². The third-order valence-corrected chi connectivity index (χ3v) is 5.73. The molecule has 7 heteroatoms. The molecule has 0 radical (unpaired) electrons. The van der Waals surface area contributed by atoms with Gasteiger partial charge in [-0.3, -0.25) is 14.2 Å². The van der Waals surface area contributed by atoms with Crippen molar-refractivity contribution in [3.05, 3.63) is 87.1 Å². The van der Waals surface area contributed by atoms with Crippen molar-refractivity contribution in [1.82, 2.24) is 24.6 Å². The fourth-order valence-electron chi connectivity index (χ4n) is 3.88. The maximum Gasteiger partial charge on any atom is 0.264 e. The summed E-state index contributed by atoms with van der Waals surface area (Å²) in [5, 5.41) is 7.71. The van der Waals surface area contributed by atoms with Crippen molar-refractivity contribution in [2.45, 2.75) is 47.2 Å². The summed E-state index contributed by atoms with van der Waals surface area (Å²) in [5.41, 5.74) is 6.65. The Morgan fingerprint density at radius 2 is 1.75 bits per heavy atom. The number of benzene rings is 2. The van der Waals surface area contributed by atoms with E-state index in [1.807, 2.05) is 52.0 Å². The van der Waals surface area contributed by atoms with Gasteiger partial charge in [-0.15, -0.1) is 0 Å². The molecular formula is C25H27N5O2. The van der Waals surface area contributed by atoms with Gasteiger partial charge in [-0.2, -0.15) is 5.10 Å². The van der Waals surface area contributed by atoms with Gasteiger partial charge in [-0.05, 0) is 74.6 Å². The average molecular weight is 430 g/mol. The minimum Gasteiger partial charge on any atom is -0.348 e. The lowest BCUT2D eigenvalue weighted by Crippen LogP contribution is -2.34. The van der Waals surface area contributed by atoms with Crippen LogP contribution in [0.4, 0.5) is 0 Å². The quantitative estimate of drug-likeness (QED) is 0.525. The second kappa shape index (κ2) is 8.42. The first-order chi connectivity index (χ1) is 15.2. The first-order valence-electron chi connectivity index (χ1n) is 10.6. The third kappa shape index (κ3) is 4.19. The Kier molecular flexibility index (Phi) is 5.65. The predicted octanol–water partition coefficient (Wildman–Crippen LogP) is 3.69. The number of aromatic nitrogens is 4. The van der Waals surface area contributed by atoms with Crippen LogP contribution < -0.4 is 10.9 Å². The number of carbonyl (C=O) groups is 1. The van der Waals surface area contributed by atoms with Gasteiger partial charge >= 0.3 is 0 Å². The number of nitrogens with one attached hydrogen (secondary N) is 1. The molecule has 0 aliphatic rings. The SMILES string of the molecule is Cc1cc(C)cc(-n2ncc3c(=O)n(CC(=O)NC(C)c4ccc(C)c(C)c4)cnc32)c1. The largest absolute Gasteiger partial charge is 0.348 e. The first-order valence-corrected chi connectivity index (χ1v) is 10.6. The molecule has 0 bridgehead atoms. The molecule has 2 aromatic heterocycles. The Hall–Kier alpha value is -3.74. The van der Waals surface area contributed by atoms with Crippen LogP contribution in [0.1, 0.15) is 40.8 Å². The summed E-state index contributed by atoms with van der Waals surface area (Å²) in [6.45, 7) is 9.96. The van der Waals surface area contributed by atoms with Gasteiger partial charge in [0.25, 0.3) is 5.56 Å². The van der Waals surface area contributed by atoms with Gasteiger partial charge in [0.15, 0.2) is 5.65 Å². The van der Waals surface area contributed by atoms with E-state index >= 15 is 0 Å². The van der Waals surface area contributed by atoms with E-state index in [-0.39, 0.29) is 24.1 Å². The number of rotatable bonds is 5. The number of carbonyl (C=O) groups excluding carboxylic acids is 1. The van der Waals surface area contributed by atoms with Crippen molar-refractivity contribution in [1.29, 1.82) is 0 Å². The molecule has 164 valence electrons. The maximum absolute atomic E-state index is 13.0. The number of amides is 1. The topological polar surface area (TPSA) is 81.8 Å². The minimum atomic E-state index is -0.292. The van der Waals surface area contributed by atoms with Crippen molar-refractivity contribution in [2.75, 3.05) is 0 Å². The molecule has 0 fully saturated rings. The zero-order chi connectivity index (χ0) is 23.0. The van der Waals surface area contributed by atoms with E-state index in [2.05, 4.69) is 34.5 Å². The molecule has 0 aliphatic carbocycles. The summed E-state index contributed by atoms with van der Waals surface area (Å²) in [6.07, 6.45) is 2.92. The van der Waals surface area contributed by atoms with Gasteiger partial charge in [0.05, 0.1) is 17.9 Å². The molecule has 4 rings (SSSR count). The molecule has 0 spiro atoms. The maximum atomic E-state index is 13.0. The predicted molar refractivity (Wildman–Crippen MR) is 125 cm³/mol. The highest BCUT2D eigenvalue weighted by atomic mass is 16.2. The Morgan fingerprint density at radius 1 is 1.03 bits per heavy atom. The van der Waals surface area contributed by atoms with Gasteiger partial charge in [0.2, 0.25) is 5.91 Å². The van der Waals surface area contributed by atoms with E-state index in [1.165, 1.54) is 28.2 Å². The van der Waals surface area contributed by atoms with Gasteiger partial charge < -0.3 is 5.32 Å². The Bertz CT molecular complexity index is 1360. The summed E-state index contributed by atoms with van der Waals surface area (Å²) < 4.78 is 2.97. The molecule has 32 heavy (non-hydrogen) atoms. The van der Waals surface area contributed by atoms with Crippen LogP contribution >= 0.6 is 0 Å². The Labute approximate surface area is 186 Å². The molecule has 2 aromatic carbocycles. The van der Waals surface area contributed by atoms with Crippen LogP contribution in [0.2, 0.25) is 0 Å². The van der Waals surface area contributed by atoms with Gasteiger partial charge in [0, 0.05) is 0 Å².